The first-order chi connectivity index (χ1) is 9.69. The first kappa shape index (κ1) is 17.2. The van der Waals surface area contributed by atoms with Crippen LogP contribution in [0.25, 0.3) is 0 Å². The molecule has 0 saturated heterocycles. The molecule has 0 radical (unpaired) electrons. The number of aromatic nitrogens is 1. The topological polar surface area (TPSA) is 77.5 Å². The molecule has 21 heavy (non-hydrogen) atoms. The lowest BCUT2D eigenvalue weighted by Gasteiger charge is -2.26. The Labute approximate surface area is 126 Å². The molecule has 1 unspecified atom stereocenters. The van der Waals surface area contributed by atoms with Crippen LogP contribution in [0, 0.1) is 5.41 Å². The summed E-state index contributed by atoms with van der Waals surface area (Å²) in [6.07, 6.45) is 1.87. The van der Waals surface area contributed by atoms with Gasteiger partial charge in [0.1, 0.15) is 5.82 Å². The number of carbonyl (C=O) groups excluding carboxylic acids is 1. The number of aliphatic hydroxyl groups is 1. The van der Waals surface area contributed by atoms with Gasteiger partial charge in [-0.05, 0) is 30.9 Å². The molecule has 1 rings (SSSR count). The van der Waals surface area contributed by atoms with Gasteiger partial charge >= 0.3 is 6.03 Å². The van der Waals surface area contributed by atoms with Gasteiger partial charge in [-0.1, -0.05) is 13.8 Å². The lowest BCUT2D eigenvalue weighted by Crippen LogP contribution is -2.38. The number of pyridine rings is 1. The Morgan fingerprint density at radius 3 is 2.57 bits per heavy atom. The van der Waals surface area contributed by atoms with Gasteiger partial charge in [-0.2, -0.15) is 0 Å². The zero-order chi connectivity index (χ0) is 16.0. The molecule has 1 aromatic heterocycles. The normalized spacial score (nSPS) is 12.7. The second kappa shape index (κ2) is 7.26. The van der Waals surface area contributed by atoms with Gasteiger partial charge in [0.05, 0.1) is 18.0 Å². The maximum absolute atomic E-state index is 11.8. The van der Waals surface area contributed by atoms with Crippen molar-refractivity contribution in [1.29, 1.82) is 0 Å². The van der Waals surface area contributed by atoms with Gasteiger partial charge in [-0.15, -0.1) is 0 Å². The van der Waals surface area contributed by atoms with E-state index in [1.165, 1.54) is 0 Å². The van der Waals surface area contributed by atoms with Gasteiger partial charge in [-0.3, -0.25) is 0 Å². The molecule has 0 spiro atoms. The van der Waals surface area contributed by atoms with E-state index in [1.807, 2.05) is 45.0 Å². The lowest BCUT2D eigenvalue weighted by molar-refractivity contribution is 0.129. The van der Waals surface area contributed by atoms with Gasteiger partial charge in [0, 0.05) is 20.6 Å². The number of urea groups is 1. The third-order valence-corrected chi connectivity index (χ3v) is 3.04. The first-order valence-corrected chi connectivity index (χ1v) is 7.06. The SMILES string of the molecule is CC(O)CC(C)(C)CNC(=O)Nc1ccc(N(C)C)nc1. The van der Waals surface area contributed by atoms with Crippen LogP contribution in [-0.4, -0.2) is 42.9 Å². The zero-order valence-electron chi connectivity index (χ0n) is 13.5. The van der Waals surface area contributed by atoms with E-state index in [2.05, 4.69) is 15.6 Å². The molecule has 118 valence electrons. The zero-order valence-corrected chi connectivity index (χ0v) is 13.5. The molecule has 1 atom stereocenters. The van der Waals surface area contributed by atoms with Gasteiger partial charge in [0.25, 0.3) is 0 Å². The van der Waals surface area contributed by atoms with E-state index in [-0.39, 0.29) is 17.6 Å². The standard InChI is InChI=1S/C15H26N4O2/c1-11(20)8-15(2,3)10-17-14(21)18-12-6-7-13(16-9-12)19(4)5/h6-7,9,11,20H,8,10H2,1-5H3,(H2,17,18,21). The molecule has 0 fully saturated rings. The van der Waals surface area contributed by atoms with Crippen LogP contribution in [-0.2, 0) is 0 Å². The number of amides is 2. The molecule has 0 aliphatic rings. The van der Waals surface area contributed by atoms with Crippen molar-refractivity contribution in [1.82, 2.24) is 10.3 Å². The molecule has 0 bridgehead atoms. The monoisotopic (exact) mass is 294 g/mol. The average Bonchev–Trinajstić information content (AvgIpc) is 2.36. The third kappa shape index (κ3) is 6.44. The molecule has 0 aliphatic carbocycles. The van der Waals surface area contributed by atoms with Crippen molar-refractivity contribution in [3.05, 3.63) is 18.3 Å². The average molecular weight is 294 g/mol. The number of hydrogen-bond donors (Lipinski definition) is 3. The lowest BCUT2D eigenvalue weighted by atomic mass is 9.87. The van der Waals surface area contributed by atoms with E-state index < -0.39 is 0 Å². The fraction of sp³-hybridized carbons (Fsp3) is 0.600. The molecule has 0 aliphatic heterocycles. The van der Waals surface area contributed by atoms with Crippen LogP contribution in [0.1, 0.15) is 27.2 Å². The molecule has 2 amide bonds. The van der Waals surface area contributed by atoms with E-state index in [0.717, 1.165) is 5.82 Å². The van der Waals surface area contributed by atoms with E-state index in [4.69, 9.17) is 0 Å². The molecule has 1 heterocycles. The molecular weight excluding hydrogens is 268 g/mol. The molecule has 0 aromatic carbocycles. The summed E-state index contributed by atoms with van der Waals surface area (Å²) in [4.78, 5) is 18.0. The Balaban J connectivity index is 2.47. The highest BCUT2D eigenvalue weighted by Gasteiger charge is 2.21. The van der Waals surface area contributed by atoms with E-state index >= 15 is 0 Å². The maximum Gasteiger partial charge on any atom is 0.319 e. The molecule has 6 heteroatoms. The summed E-state index contributed by atoms with van der Waals surface area (Å²) >= 11 is 0. The van der Waals surface area contributed by atoms with Crippen molar-refractivity contribution in [2.45, 2.75) is 33.3 Å². The summed E-state index contributed by atoms with van der Waals surface area (Å²) in [6.45, 7) is 6.26. The van der Waals surface area contributed by atoms with E-state index in [0.29, 0.717) is 18.7 Å². The van der Waals surface area contributed by atoms with Crippen LogP contribution in [0.2, 0.25) is 0 Å². The highest BCUT2D eigenvalue weighted by molar-refractivity contribution is 5.89. The number of aliphatic hydroxyl groups excluding tert-OH is 1. The second-order valence-corrected chi connectivity index (χ2v) is 6.32. The number of rotatable bonds is 6. The highest BCUT2D eigenvalue weighted by Crippen LogP contribution is 2.21. The predicted molar refractivity (Wildman–Crippen MR) is 85.7 cm³/mol. The first-order valence-electron chi connectivity index (χ1n) is 7.06. The molecule has 1 aromatic rings. The van der Waals surface area contributed by atoms with Crippen molar-refractivity contribution in [3.8, 4) is 0 Å². The summed E-state index contributed by atoms with van der Waals surface area (Å²) in [5, 5.41) is 15.0. The Morgan fingerprint density at radius 1 is 1.43 bits per heavy atom. The smallest absolute Gasteiger partial charge is 0.319 e. The van der Waals surface area contributed by atoms with Crippen LogP contribution in [0.5, 0.6) is 0 Å². The maximum atomic E-state index is 11.8. The fourth-order valence-electron chi connectivity index (χ4n) is 2.09. The molecule has 0 saturated carbocycles. The number of hydrogen-bond acceptors (Lipinski definition) is 4. The number of anilines is 2. The fourth-order valence-corrected chi connectivity index (χ4v) is 2.09. The summed E-state index contributed by atoms with van der Waals surface area (Å²) in [7, 11) is 3.82. The Hall–Kier alpha value is -1.82. The summed E-state index contributed by atoms with van der Waals surface area (Å²) in [5.74, 6) is 0.832. The van der Waals surface area contributed by atoms with Crippen molar-refractivity contribution < 1.29 is 9.90 Å². The minimum absolute atomic E-state index is 0.154. The minimum Gasteiger partial charge on any atom is -0.393 e. The minimum atomic E-state index is -0.382. The van der Waals surface area contributed by atoms with Gasteiger partial charge in [0.15, 0.2) is 0 Å². The number of nitrogens with zero attached hydrogens (tertiary/aromatic N) is 2. The Bertz CT molecular complexity index is 455. The third-order valence-electron chi connectivity index (χ3n) is 3.04. The van der Waals surface area contributed by atoms with Gasteiger partial charge in [-0.25, -0.2) is 9.78 Å². The molecule has 3 N–H and O–H groups in total. The summed E-state index contributed by atoms with van der Waals surface area (Å²) < 4.78 is 0. The van der Waals surface area contributed by atoms with Crippen LogP contribution < -0.4 is 15.5 Å². The second-order valence-electron chi connectivity index (χ2n) is 6.32. The molecule has 6 nitrogen and oxygen atoms in total. The van der Waals surface area contributed by atoms with Crippen molar-refractivity contribution in [2.75, 3.05) is 30.9 Å². The Morgan fingerprint density at radius 2 is 2.10 bits per heavy atom. The largest absolute Gasteiger partial charge is 0.393 e. The van der Waals surface area contributed by atoms with Crippen molar-refractivity contribution in [2.24, 2.45) is 5.41 Å². The quantitative estimate of drug-likeness (QED) is 0.750. The Kier molecular flexibility index (Phi) is 5.96. The highest BCUT2D eigenvalue weighted by atomic mass is 16.3. The van der Waals surface area contributed by atoms with Gasteiger partial charge < -0.3 is 20.6 Å². The van der Waals surface area contributed by atoms with Crippen LogP contribution in [0.4, 0.5) is 16.3 Å². The predicted octanol–water partition coefficient (Wildman–Crippen LogP) is 2.07. The van der Waals surface area contributed by atoms with Crippen molar-refractivity contribution in [3.63, 3.8) is 0 Å². The number of carbonyl (C=O) groups is 1. The van der Waals surface area contributed by atoms with E-state index in [1.54, 1.807) is 13.1 Å². The van der Waals surface area contributed by atoms with Crippen molar-refractivity contribution >= 4 is 17.5 Å². The summed E-state index contributed by atoms with van der Waals surface area (Å²) in [5.41, 5.74) is 0.491. The van der Waals surface area contributed by atoms with E-state index in [9.17, 15) is 9.90 Å². The molecular formula is C15H26N4O2. The number of nitrogens with one attached hydrogen (secondary N) is 2. The van der Waals surface area contributed by atoms with Gasteiger partial charge in [0.2, 0.25) is 0 Å². The van der Waals surface area contributed by atoms with Crippen LogP contribution in [0.3, 0.4) is 0 Å². The van der Waals surface area contributed by atoms with Crippen LogP contribution >= 0.6 is 0 Å². The summed E-state index contributed by atoms with van der Waals surface area (Å²) in [6, 6.07) is 3.38. The van der Waals surface area contributed by atoms with Crippen LogP contribution in [0.15, 0.2) is 18.3 Å².